The lowest BCUT2D eigenvalue weighted by Gasteiger charge is -2.54. The predicted octanol–water partition coefficient (Wildman–Crippen LogP) is 5.40. The third-order valence-corrected chi connectivity index (χ3v) is 13.0. The molecule has 0 aromatic heterocycles. The van der Waals surface area contributed by atoms with Gasteiger partial charge in [0.05, 0.1) is 16.2 Å². The van der Waals surface area contributed by atoms with Crippen LogP contribution in [0.2, 0.25) is 0 Å². The van der Waals surface area contributed by atoms with Crippen LogP contribution in [0.4, 0.5) is 0 Å². The second kappa shape index (κ2) is 9.37. The molecule has 3 fully saturated rings. The van der Waals surface area contributed by atoms with Gasteiger partial charge in [-0.25, -0.2) is 8.42 Å². The second-order valence-corrected chi connectivity index (χ2v) is 14.2. The molecule has 0 amide bonds. The maximum Gasteiger partial charge on any atom is 0.181 e. The quantitative estimate of drug-likeness (QED) is 0.528. The minimum atomic E-state index is -3.50. The van der Waals surface area contributed by atoms with Crippen molar-refractivity contribution in [2.24, 2.45) is 40.9 Å². The van der Waals surface area contributed by atoms with Crippen molar-refractivity contribution in [3.05, 3.63) is 42.0 Å². The van der Waals surface area contributed by atoms with Crippen LogP contribution >= 0.6 is 0 Å². The fraction of sp³-hybridized carbons (Fsp3) is 0.724. The number of sulfone groups is 1. The third-order valence-electron chi connectivity index (χ3n) is 10.6. The molecular formula is C29H42O4S. The van der Waals surface area contributed by atoms with E-state index in [1.165, 1.54) is 24.8 Å². The Labute approximate surface area is 205 Å². The van der Waals surface area contributed by atoms with Crippen LogP contribution in [-0.2, 0) is 9.84 Å². The fourth-order valence-electron chi connectivity index (χ4n) is 9.03. The molecule has 1 aromatic rings. The molecule has 0 aliphatic heterocycles. The Kier molecular flexibility index (Phi) is 6.76. The topological polar surface area (TPSA) is 74.6 Å². The summed E-state index contributed by atoms with van der Waals surface area (Å²) in [5.41, 5.74) is 1.68. The van der Waals surface area contributed by atoms with E-state index < -0.39 is 15.1 Å². The summed E-state index contributed by atoms with van der Waals surface area (Å²) < 4.78 is 27.3. The van der Waals surface area contributed by atoms with Crippen molar-refractivity contribution in [1.82, 2.24) is 0 Å². The lowest BCUT2D eigenvalue weighted by molar-refractivity contribution is -0.0293. The van der Waals surface area contributed by atoms with Gasteiger partial charge in [0.2, 0.25) is 0 Å². The Morgan fingerprint density at radius 3 is 2.56 bits per heavy atom. The highest BCUT2D eigenvalue weighted by atomic mass is 32.2. The molecule has 4 nitrogen and oxygen atoms in total. The van der Waals surface area contributed by atoms with E-state index in [-0.39, 0.29) is 24.0 Å². The number of rotatable bonds is 6. The van der Waals surface area contributed by atoms with Gasteiger partial charge >= 0.3 is 0 Å². The van der Waals surface area contributed by atoms with Crippen LogP contribution in [0.3, 0.4) is 0 Å². The number of hydrogen-bond donors (Lipinski definition) is 2. The van der Waals surface area contributed by atoms with Gasteiger partial charge in [-0.2, -0.15) is 0 Å². The molecule has 3 saturated carbocycles. The Morgan fingerprint density at radius 1 is 1.06 bits per heavy atom. The van der Waals surface area contributed by atoms with Gasteiger partial charge in [0.15, 0.2) is 9.84 Å². The van der Waals surface area contributed by atoms with Gasteiger partial charge in [-0.05, 0) is 111 Å². The monoisotopic (exact) mass is 486 g/mol. The predicted molar refractivity (Wildman–Crippen MR) is 135 cm³/mol. The molecule has 0 radical (unpaired) electrons. The molecule has 2 N–H and O–H groups in total. The number of hydrogen-bond acceptors (Lipinski definition) is 4. The molecular weight excluding hydrogens is 444 g/mol. The summed E-state index contributed by atoms with van der Waals surface area (Å²) in [6, 6.07) is 8.82. The normalized spacial score (nSPS) is 39.4. The summed E-state index contributed by atoms with van der Waals surface area (Å²) in [5.74, 6) is 3.12. The maximum atomic E-state index is 13.7. The molecule has 9 atom stereocenters. The lowest BCUT2D eigenvalue weighted by atomic mass is 9.51. The zero-order chi connectivity index (χ0) is 24.1. The average Bonchev–Trinajstić information content (AvgIpc) is 3.19. The first kappa shape index (κ1) is 24.5. The van der Waals surface area contributed by atoms with Crippen molar-refractivity contribution in [3.63, 3.8) is 0 Å². The van der Waals surface area contributed by atoms with Gasteiger partial charge < -0.3 is 10.2 Å². The van der Waals surface area contributed by atoms with Crippen molar-refractivity contribution < 1.29 is 18.6 Å². The van der Waals surface area contributed by atoms with Gasteiger partial charge in [-0.1, -0.05) is 43.7 Å². The van der Waals surface area contributed by atoms with Crippen molar-refractivity contribution in [2.45, 2.75) is 87.9 Å². The van der Waals surface area contributed by atoms with Crippen LogP contribution in [-0.4, -0.2) is 36.6 Å². The average molecular weight is 487 g/mol. The highest BCUT2D eigenvalue weighted by Gasteiger charge is 2.58. The minimum absolute atomic E-state index is 0.0171. The molecule has 1 aromatic carbocycles. The van der Waals surface area contributed by atoms with E-state index >= 15 is 0 Å². The van der Waals surface area contributed by atoms with E-state index in [4.69, 9.17) is 0 Å². The van der Waals surface area contributed by atoms with E-state index in [0.29, 0.717) is 35.0 Å². The molecule has 0 bridgehead atoms. The molecule has 5 rings (SSSR count). The van der Waals surface area contributed by atoms with E-state index in [2.05, 4.69) is 19.9 Å². The first-order valence-electron chi connectivity index (χ1n) is 13.5. The molecule has 188 valence electrons. The SMILES string of the molecule is C[C@H](C(CCO)S(=O)(=O)c1ccccc1)[C@H]1CC[C@H]2[C@@H]3CC=C4C[C@@H](O)CC[C@@H]4[C@H]3CC[C@]12C. The molecule has 34 heavy (non-hydrogen) atoms. The summed E-state index contributed by atoms with van der Waals surface area (Å²) in [4.78, 5) is 0.383. The van der Waals surface area contributed by atoms with Crippen molar-refractivity contribution in [1.29, 1.82) is 0 Å². The van der Waals surface area contributed by atoms with Gasteiger partial charge in [0.25, 0.3) is 0 Å². The Balaban J connectivity index is 1.40. The van der Waals surface area contributed by atoms with E-state index in [9.17, 15) is 18.6 Å². The van der Waals surface area contributed by atoms with Gasteiger partial charge in [0, 0.05) is 6.61 Å². The van der Waals surface area contributed by atoms with E-state index in [1.807, 2.05) is 6.07 Å². The highest BCUT2D eigenvalue weighted by Crippen LogP contribution is 2.65. The number of benzene rings is 1. The van der Waals surface area contributed by atoms with Crippen molar-refractivity contribution in [2.75, 3.05) is 6.61 Å². The molecule has 4 aliphatic carbocycles. The van der Waals surface area contributed by atoms with Crippen LogP contribution in [0.5, 0.6) is 0 Å². The van der Waals surface area contributed by atoms with Gasteiger partial charge in [0.1, 0.15) is 0 Å². The first-order chi connectivity index (χ1) is 16.3. The summed E-state index contributed by atoms with van der Waals surface area (Å²) in [5, 5.41) is 19.5. The molecule has 0 heterocycles. The zero-order valence-corrected chi connectivity index (χ0v) is 21.6. The smallest absolute Gasteiger partial charge is 0.181 e. The van der Waals surface area contributed by atoms with E-state index in [1.54, 1.807) is 24.3 Å². The highest BCUT2D eigenvalue weighted by molar-refractivity contribution is 7.92. The van der Waals surface area contributed by atoms with Gasteiger partial charge in [-0.3, -0.25) is 0 Å². The Morgan fingerprint density at radius 2 is 1.82 bits per heavy atom. The Bertz CT molecular complexity index is 1000. The molecule has 0 saturated heterocycles. The second-order valence-electron chi connectivity index (χ2n) is 12.0. The zero-order valence-electron chi connectivity index (χ0n) is 20.8. The summed E-state index contributed by atoms with van der Waals surface area (Å²) in [7, 11) is -3.50. The van der Waals surface area contributed by atoms with Crippen LogP contribution in [0.25, 0.3) is 0 Å². The van der Waals surface area contributed by atoms with Crippen LogP contribution in [0.1, 0.15) is 71.6 Å². The number of allylic oxidation sites excluding steroid dienone is 1. The number of fused-ring (bicyclic) bond motifs is 5. The van der Waals surface area contributed by atoms with Crippen molar-refractivity contribution in [3.8, 4) is 0 Å². The maximum absolute atomic E-state index is 13.7. The lowest BCUT2D eigenvalue weighted by Crippen LogP contribution is -2.48. The molecule has 0 spiro atoms. The standard InChI is InChI=1S/C29H42O4S/c1-19(28(15-17-30)34(32,33)22-6-4-3-5-7-22)26-12-13-27-25-10-8-20-18-21(31)9-11-23(20)24(25)14-16-29(26,27)2/h3-8,19,21,23-28,30-31H,9-18H2,1-2H3/t19-,21-,23-,24+,25+,26+,27-,28?,29+/m0/s1. The van der Waals surface area contributed by atoms with Crippen LogP contribution in [0.15, 0.2) is 46.9 Å². The molecule has 4 aliphatic rings. The van der Waals surface area contributed by atoms with Crippen molar-refractivity contribution >= 4 is 9.84 Å². The number of aliphatic hydroxyl groups is 2. The van der Waals surface area contributed by atoms with Crippen LogP contribution in [0, 0.1) is 40.9 Å². The largest absolute Gasteiger partial charge is 0.396 e. The Hall–Kier alpha value is -1.17. The third kappa shape index (κ3) is 4.00. The van der Waals surface area contributed by atoms with Crippen LogP contribution < -0.4 is 0 Å². The summed E-state index contributed by atoms with van der Waals surface area (Å²) in [6.07, 6.45) is 11.4. The minimum Gasteiger partial charge on any atom is -0.396 e. The molecule has 1 unspecified atom stereocenters. The first-order valence-corrected chi connectivity index (χ1v) is 15.1. The summed E-state index contributed by atoms with van der Waals surface area (Å²) in [6.45, 7) is 4.50. The summed E-state index contributed by atoms with van der Waals surface area (Å²) >= 11 is 0. The van der Waals surface area contributed by atoms with E-state index in [0.717, 1.165) is 38.0 Å². The number of aliphatic hydroxyl groups excluding tert-OH is 2. The van der Waals surface area contributed by atoms with Gasteiger partial charge in [-0.15, -0.1) is 0 Å². The fourth-order valence-corrected chi connectivity index (χ4v) is 11.1. The molecule has 5 heteroatoms.